The van der Waals surface area contributed by atoms with Crippen molar-refractivity contribution in [3.63, 3.8) is 0 Å². The van der Waals surface area contributed by atoms with Crippen LogP contribution in [0.15, 0.2) is 24.3 Å². The lowest BCUT2D eigenvalue weighted by Crippen LogP contribution is -2.41. The van der Waals surface area contributed by atoms with Crippen LogP contribution in [0.1, 0.15) is 79.7 Å². The number of rotatable bonds is 6. The van der Waals surface area contributed by atoms with E-state index in [0.29, 0.717) is 43.1 Å². The van der Waals surface area contributed by atoms with Crippen LogP contribution in [0.25, 0.3) is 10.9 Å². The maximum absolute atomic E-state index is 15.5. The van der Waals surface area contributed by atoms with Gasteiger partial charge >= 0.3 is 5.92 Å². The number of aliphatic hydroxyl groups is 2. The molecule has 38 heavy (non-hydrogen) atoms. The lowest BCUT2D eigenvalue weighted by atomic mass is 9.81. The third-order valence-electron chi connectivity index (χ3n) is 7.95. The predicted octanol–water partition coefficient (Wildman–Crippen LogP) is 5.60. The number of halogens is 3. The van der Waals surface area contributed by atoms with Gasteiger partial charge in [0, 0.05) is 37.0 Å². The summed E-state index contributed by atoms with van der Waals surface area (Å²) in [6.07, 6.45) is 3.64. The monoisotopic (exact) mass is 529 g/mol. The number of nitrogens with zero attached hydrogens (tertiary/aromatic N) is 2. The van der Waals surface area contributed by atoms with Gasteiger partial charge in [-0.05, 0) is 75.8 Å². The number of fused-ring (bicyclic) bond motifs is 3. The van der Waals surface area contributed by atoms with Gasteiger partial charge in [-0.1, -0.05) is 12.1 Å². The van der Waals surface area contributed by atoms with Gasteiger partial charge in [0.2, 0.25) is 0 Å². The van der Waals surface area contributed by atoms with Crippen molar-refractivity contribution in [1.29, 1.82) is 0 Å². The van der Waals surface area contributed by atoms with Gasteiger partial charge in [0.15, 0.2) is 0 Å². The molecule has 1 aliphatic carbocycles. The van der Waals surface area contributed by atoms with E-state index in [0.717, 1.165) is 61.4 Å². The summed E-state index contributed by atoms with van der Waals surface area (Å²) in [5, 5.41) is 25.5. The van der Waals surface area contributed by atoms with Gasteiger partial charge in [-0.15, -0.1) is 0 Å². The quantitative estimate of drug-likeness (QED) is 0.385. The Kier molecular flexibility index (Phi) is 6.69. The van der Waals surface area contributed by atoms with Crippen molar-refractivity contribution in [3.8, 4) is 0 Å². The Bertz CT molecular complexity index is 1380. The van der Waals surface area contributed by atoms with E-state index in [2.05, 4.69) is 10.3 Å². The highest BCUT2D eigenvalue weighted by molar-refractivity contribution is 5.93. The van der Waals surface area contributed by atoms with E-state index in [1.54, 1.807) is 13.8 Å². The van der Waals surface area contributed by atoms with Crippen LogP contribution in [-0.4, -0.2) is 39.0 Å². The van der Waals surface area contributed by atoms with Crippen LogP contribution >= 0.6 is 0 Å². The molecule has 2 aromatic carbocycles. The second-order valence-corrected chi connectivity index (χ2v) is 11.1. The van der Waals surface area contributed by atoms with Crippen LogP contribution in [0.3, 0.4) is 0 Å². The number of aryl methyl sites for hydroxylation is 2. The van der Waals surface area contributed by atoms with E-state index < -0.39 is 34.5 Å². The largest absolute Gasteiger partial charge is 0.385 e. The Morgan fingerprint density at radius 2 is 1.79 bits per heavy atom. The minimum absolute atomic E-state index is 0.0280. The molecule has 2 heterocycles. The molecule has 0 amide bonds. The predicted molar refractivity (Wildman–Crippen MR) is 139 cm³/mol. The van der Waals surface area contributed by atoms with E-state index in [9.17, 15) is 19.0 Å². The van der Waals surface area contributed by atoms with E-state index in [4.69, 9.17) is 9.72 Å². The first kappa shape index (κ1) is 26.8. The normalized spacial score (nSPS) is 18.4. The summed E-state index contributed by atoms with van der Waals surface area (Å²) in [4.78, 5) is 9.33. The number of aromatic nitrogens is 2. The van der Waals surface area contributed by atoms with E-state index in [-0.39, 0.29) is 5.56 Å². The second kappa shape index (κ2) is 9.47. The molecule has 9 heteroatoms. The van der Waals surface area contributed by atoms with Crippen molar-refractivity contribution < 1.29 is 28.1 Å². The highest BCUT2D eigenvalue weighted by Gasteiger charge is 2.49. The molecule has 0 spiro atoms. The zero-order chi connectivity index (χ0) is 27.5. The van der Waals surface area contributed by atoms with E-state index in [1.165, 1.54) is 12.1 Å². The van der Waals surface area contributed by atoms with E-state index in [1.807, 2.05) is 6.07 Å². The Morgan fingerprint density at radius 3 is 2.47 bits per heavy atom. The zero-order valence-electron chi connectivity index (χ0n) is 22.2. The number of nitrogens with one attached hydrogen (secondary N) is 1. The first-order chi connectivity index (χ1) is 17.8. The van der Waals surface area contributed by atoms with Gasteiger partial charge in [-0.25, -0.2) is 14.4 Å². The van der Waals surface area contributed by atoms with Crippen molar-refractivity contribution in [3.05, 3.63) is 63.7 Å². The van der Waals surface area contributed by atoms with Gasteiger partial charge < -0.3 is 20.3 Å². The molecule has 1 aliphatic heterocycles. The molecule has 0 saturated carbocycles. The fourth-order valence-corrected chi connectivity index (χ4v) is 5.72. The third-order valence-corrected chi connectivity index (χ3v) is 7.95. The maximum atomic E-state index is 15.5. The second-order valence-electron chi connectivity index (χ2n) is 11.1. The number of benzene rings is 2. The lowest BCUT2D eigenvalue weighted by molar-refractivity contribution is -0.170. The Balaban J connectivity index is 1.60. The molecule has 3 N–H and O–H groups in total. The van der Waals surface area contributed by atoms with Crippen LogP contribution in [0.4, 0.5) is 19.0 Å². The lowest BCUT2D eigenvalue weighted by Gasteiger charge is -2.34. The van der Waals surface area contributed by atoms with Crippen molar-refractivity contribution in [2.24, 2.45) is 0 Å². The minimum atomic E-state index is -3.79. The molecule has 1 unspecified atom stereocenters. The van der Waals surface area contributed by atoms with Crippen molar-refractivity contribution >= 4 is 16.7 Å². The van der Waals surface area contributed by atoms with Crippen LogP contribution in [-0.2, 0) is 29.1 Å². The smallest absolute Gasteiger partial charge is 0.303 e. The van der Waals surface area contributed by atoms with Crippen molar-refractivity contribution in [1.82, 2.24) is 9.97 Å². The zero-order valence-corrected chi connectivity index (χ0v) is 22.2. The fraction of sp³-hybridized carbons (Fsp3) is 0.517. The molecular weight excluding hydrogens is 495 g/mol. The molecule has 1 fully saturated rings. The summed E-state index contributed by atoms with van der Waals surface area (Å²) in [5.74, 6) is -3.89. The maximum Gasteiger partial charge on any atom is 0.303 e. The summed E-state index contributed by atoms with van der Waals surface area (Å²) < 4.78 is 50.7. The van der Waals surface area contributed by atoms with Gasteiger partial charge in [0.25, 0.3) is 0 Å². The molecule has 1 atom stereocenters. The van der Waals surface area contributed by atoms with Crippen LogP contribution < -0.4 is 5.32 Å². The first-order valence-electron chi connectivity index (χ1n) is 13.1. The van der Waals surface area contributed by atoms with Gasteiger partial charge in [0.05, 0.1) is 22.7 Å². The molecular formula is C29H34F3N3O3. The molecule has 0 radical (unpaired) electrons. The summed E-state index contributed by atoms with van der Waals surface area (Å²) in [6, 6.07) is 5.02. The molecule has 2 aliphatic rings. The number of ether oxygens (including phenoxy) is 1. The number of alkyl halides is 2. The molecule has 3 aromatic rings. The standard InChI is InChI=1S/C29H34F3N3O3/c1-16(18-7-6-10-22(24(18)30)29(31,32)27(3,4)36)33-26-21-15-23(28(37)11-13-38-14-12-28)19-8-5-9-20(19)25(21)34-17(2)35-26/h6-7,10,15-16,36-37H,5,8-9,11-14H2,1-4H3,(H,33,34,35). The molecule has 1 saturated heterocycles. The number of anilines is 1. The average Bonchev–Trinajstić information content (AvgIpc) is 3.33. The molecule has 0 bridgehead atoms. The third kappa shape index (κ3) is 4.44. The van der Waals surface area contributed by atoms with E-state index >= 15 is 4.39 Å². The fourth-order valence-electron chi connectivity index (χ4n) is 5.72. The Hall–Kier alpha value is -2.75. The van der Waals surface area contributed by atoms with Crippen molar-refractivity contribution in [2.75, 3.05) is 18.5 Å². The molecule has 6 nitrogen and oxygen atoms in total. The Morgan fingerprint density at radius 1 is 1.11 bits per heavy atom. The van der Waals surface area contributed by atoms with Gasteiger partial charge in [-0.3, -0.25) is 0 Å². The highest BCUT2D eigenvalue weighted by Crippen LogP contribution is 2.44. The number of hydrogen-bond acceptors (Lipinski definition) is 6. The van der Waals surface area contributed by atoms with Crippen LogP contribution in [0.2, 0.25) is 0 Å². The number of hydrogen-bond donors (Lipinski definition) is 3. The summed E-state index contributed by atoms with van der Waals surface area (Å²) in [7, 11) is 0. The first-order valence-corrected chi connectivity index (χ1v) is 13.1. The summed E-state index contributed by atoms with van der Waals surface area (Å²) in [6.45, 7) is 6.31. The average molecular weight is 530 g/mol. The summed E-state index contributed by atoms with van der Waals surface area (Å²) in [5.41, 5.74) is -0.406. The van der Waals surface area contributed by atoms with Gasteiger partial charge in [0.1, 0.15) is 23.1 Å². The Labute approximate surface area is 220 Å². The van der Waals surface area contributed by atoms with Crippen LogP contribution in [0, 0.1) is 12.7 Å². The molecule has 1 aromatic heterocycles. The van der Waals surface area contributed by atoms with Gasteiger partial charge in [-0.2, -0.15) is 8.78 Å². The highest BCUT2D eigenvalue weighted by atomic mass is 19.3. The topological polar surface area (TPSA) is 87.5 Å². The SMILES string of the molecule is Cc1nc(NC(C)c2cccc(C(F)(F)C(C)(C)O)c2F)c2cc(C3(O)CCOCC3)c3c(c2n1)CCC3. The van der Waals surface area contributed by atoms with Crippen molar-refractivity contribution in [2.45, 2.75) is 83.0 Å². The van der Waals surface area contributed by atoms with Crippen LogP contribution in [0.5, 0.6) is 0 Å². The molecule has 5 rings (SSSR count). The minimum Gasteiger partial charge on any atom is -0.385 e. The summed E-state index contributed by atoms with van der Waals surface area (Å²) >= 11 is 0. The molecule has 204 valence electrons.